The summed E-state index contributed by atoms with van der Waals surface area (Å²) in [6.45, 7) is 2.03. The quantitative estimate of drug-likeness (QED) is 0.269. The molecule has 0 aromatic rings. The van der Waals surface area contributed by atoms with Gasteiger partial charge in [0.25, 0.3) is 0 Å². The Bertz CT molecular complexity index is 153. The number of hydrazine groups is 1. The lowest BCUT2D eigenvalue weighted by molar-refractivity contribution is 0.0991. The Morgan fingerprint density at radius 1 is 1.62 bits per heavy atom. The fourth-order valence-corrected chi connectivity index (χ4v) is 1.22. The van der Waals surface area contributed by atoms with Crippen molar-refractivity contribution in [1.29, 1.82) is 0 Å². The van der Waals surface area contributed by atoms with E-state index in [2.05, 4.69) is 11.3 Å². The summed E-state index contributed by atoms with van der Waals surface area (Å²) in [6, 6.07) is 0.309. The Labute approximate surface area is 81.0 Å². The van der Waals surface area contributed by atoms with Crippen molar-refractivity contribution in [3.63, 3.8) is 0 Å². The molecule has 0 fully saturated rings. The molecule has 0 radical (unpaired) electrons. The number of terminal acetylenes is 1. The van der Waals surface area contributed by atoms with Crippen LogP contribution in [0.1, 0.15) is 32.6 Å². The van der Waals surface area contributed by atoms with Crippen LogP contribution in [0.5, 0.6) is 0 Å². The molecule has 0 aromatic heterocycles. The summed E-state index contributed by atoms with van der Waals surface area (Å²) in [6.07, 6.45) is 9.17. The van der Waals surface area contributed by atoms with Crippen molar-refractivity contribution in [3.05, 3.63) is 0 Å². The number of nitrogens with one attached hydrogen (secondary N) is 1. The number of ether oxygens (including phenoxy) is 1. The molecule has 0 saturated carbocycles. The van der Waals surface area contributed by atoms with E-state index in [0.717, 1.165) is 25.7 Å². The van der Waals surface area contributed by atoms with Crippen LogP contribution < -0.4 is 11.3 Å². The van der Waals surface area contributed by atoms with E-state index >= 15 is 0 Å². The Morgan fingerprint density at radius 3 is 2.77 bits per heavy atom. The van der Waals surface area contributed by atoms with E-state index in [1.807, 2.05) is 6.92 Å². The van der Waals surface area contributed by atoms with Gasteiger partial charge in [-0.25, -0.2) is 0 Å². The monoisotopic (exact) mass is 184 g/mol. The third kappa shape index (κ3) is 6.59. The van der Waals surface area contributed by atoms with Gasteiger partial charge in [-0.05, 0) is 26.2 Å². The molecule has 0 aliphatic rings. The maximum atomic E-state index is 5.40. The maximum Gasteiger partial charge on any atom is 0.0558 e. The lowest BCUT2D eigenvalue weighted by atomic mass is 10.0. The van der Waals surface area contributed by atoms with Gasteiger partial charge >= 0.3 is 0 Å². The number of rotatable bonds is 7. The van der Waals surface area contributed by atoms with Crippen molar-refractivity contribution in [2.75, 3.05) is 7.11 Å². The van der Waals surface area contributed by atoms with Crippen LogP contribution >= 0.6 is 0 Å². The number of methoxy groups -OCH3 is 1. The molecule has 0 aliphatic heterocycles. The molecule has 0 amide bonds. The summed E-state index contributed by atoms with van der Waals surface area (Å²) >= 11 is 0. The lowest BCUT2D eigenvalue weighted by Crippen LogP contribution is -2.37. The molecule has 13 heavy (non-hydrogen) atoms. The highest BCUT2D eigenvalue weighted by atomic mass is 16.5. The highest BCUT2D eigenvalue weighted by molar-refractivity contribution is 4.83. The highest BCUT2D eigenvalue weighted by Gasteiger charge is 2.10. The van der Waals surface area contributed by atoms with Crippen LogP contribution in [-0.2, 0) is 4.74 Å². The number of hydrogen-bond acceptors (Lipinski definition) is 3. The summed E-state index contributed by atoms with van der Waals surface area (Å²) in [5, 5.41) is 0. The number of unbranched alkanes of at least 4 members (excludes halogenated alkanes) is 1. The van der Waals surface area contributed by atoms with Crippen molar-refractivity contribution in [2.24, 2.45) is 5.84 Å². The van der Waals surface area contributed by atoms with Gasteiger partial charge in [-0.2, -0.15) is 0 Å². The van der Waals surface area contributed by atoms with E-state index in [-0.39, 0.29) is 6.10 Å². The molecular formula is C10H20N2O. The van der Waals surface area contributed by atoms with Crippen LogP contribution in [0.3, 0.4) is 0 Å². The zero-order valence-electron chi connectivity index (χ0n) is 8.55. The second kappa shape index (κ2) is 8.06. The zero-order chi connectivity index (χ0) is 10.1. The molecule has 0 aromatic carbocycles. The van der Waals surface area contributed by atoms with E-state index in [9.17, 15) is 0 Å². The predicted molar refractivity (Wildman–Crippen MR) is 54.9 cm³/mol. The molecule has 0 saturated heterocycles. The van der Waals surface area contributed by atoms with Crippen LogP contribution in [0.2, 0.25) is 0 Å². The number of hydrogen-bond donors (Lipinski definition) is 2. The highest BCUT2D eigenvalue weighted by Crippen LogP contribution is 2.07. The normalized spacial score (nSPS) is 14.9. The molecule has 76 valence electrons. The summed E-state index contributed by atoms with van der Waals surface area (Å²) in [5.74, 6) is 8.02. The van der Waals surface area contributed by atoms with E-state index in [4.69, 9.17) is 17.0 Å². The smallest absolute Gasteiger partial charge is 0.0558 e. The number of nitrogens with two attached hydrogens (primary N) is 1. The molecule has 3 N–H and O–H groups in total. The van der Waals surface area contributed by atoms with Crippen LogP contribution in [0, 0.1) is 12.3 Å². The molecule has 0 bridgehead atoms. The van der Waals surface area contributed by atoms with Gasteiger partial charge in [-0.15, -0.1) is 12.3 Å². The van der Waals surface area contributed by atoms with Gasteiger partial charge in [0.1, 0.15) is 0 Å². The molecule has 2 unspecified atom stereocenters. The summed E-state index contributed by atoms with van der Waals surface area (Å²) in [7, 11) is 1.71. The lowest BCUT2D eigenvalue weighted by Gasteiger charge is -2.18. The van der Waals surface area contributed by atoms with Crippen molar-refractivity contribution in [3.8, 4) is 12.3 Å². The summed E-state index contributed by atoms with van der Waals surface area (Å²) in [5.41, 5.74) is 2.78. The van der Waals surface area contributed by atoms with Crippen LogP contribution in [0.4, 0.5) is 0 Å². The van der Waals surface area contributed by atoms with Crippen molar-refractivity contribution < 1.29 is 4.74 Å². The minimum absolute atomic E-state index is 0.242. The zero-order valence-corrected chi connectivity index (χ0v) is 8.55. The van der Waals surface area contributed by atoms with Crippen LogP contribution in [-0.4, -0.2) is 19.3 Å². The fourth-order valence-electron chi connectivity index (χ4n) is 1.22. The van der Waals surface area contributed by atoms with E-state index in [1.54, 1.807) is 7.11 Å². The third-order valence-electron chi connectivity index (χ3n) is 2.13. The van der Waals surface area contributed by atoms with E-state index in [0.29, 0.717) is 6.04 Å². The molecule has 0 heterocycles. The molecule has 3 nitrogen and oxygen atoms in total. The Kier molecular flexibility index (Phi) is 7.71. The first kappa shape index (κ1) is 12.4. The minimum Gasteiger partial charge on any atom is -0.382 e. The maximum absolute atomic E-state index is 5.40. The van der Waals surface area contributed by atoms with Crippen LogP contribution in [0.25, 0.3) is 0 Å². The molecule has 0 spiro atoms. The van der Waals surface area contributed by atoms with Gasteiger partial charge in [-0.1, -0.05) is 0 Å². The molecule has 3 heteroatoms. The van der Waals surface area contributed by atoms with Crippen molar-refractivity contribution >= 4 is 0 Å². The van der Waals surface area contributed by atoms with Crippen molar-refractivity contribution in [1.82, 2.24) is 5.43 Å². The average Bonchev–Trinajstić information content (AvgIpc) is 2.16. The Morgan fingerprint density at radius 2 is 2.31 bits per heavy atom. The summed E-state index contributed by atoms with van der Waals surface area (Å²) < 4.78 is 5.15. The Balaban J connectivity index is 3.57. The minimum atomic E-state index is 0.242. The third-order valence-corrected chi connectivity index (χ3v) is 2.13. The van der Waals surface area contributed by atoms with Gasteiger partial charge in [0, 0.05) is 19.6 Å². The molecular weight excluding hydrogens is 164 g/mol. The Hall–Kier alpha value is -0.560. The van der Waals surface area contributed by atoms with E-state index < -0.39 is 0 Å². The van der Waals surface area contributed by atoms with Crippen LogP contribution in [0.15, 0.2) is 0 Å². The standard InChI is InChI=1S/C10H20N2O/c1-4-5-6-7-10(12-11)8-9(2)13-3/h1,9-10,12H,5-8,11H2,2-3H3. The first-order valence-electron chi connectivity index (χ1n) is 4.67. The van der Waals surface area contributed by atoms with Gasteiger partial charge in [-0.3, -0.25) is 11.3 Å². The topological polar surface area (TPSA) is 47.3 Å². The molecule has 2 atom stereocenters. The van der Waals surface area contributed by atoms with Gasteiger partial charge in [0.05, 0.1) is 6.10 Å². The largest absolute Gasteiger partial charge is 0.382 e. The predicted octanol–water partition coefficient (Wildman–Crippen LogP) is 1.05. The van der Waals surface area contributed by atoms with Gasteiger partial charge in [0.2, 0.25) is 0 Å². The first-order valence-corrected chi connectivity index (χ1v) is 4.67. The molecule has 0 aliphatic carbocycles. The second-order valence-electron chi connectivity index (χ2n) is 3.24. The average molecular weight is 184 g/mol. The first-order chi connectivity index (χ1) is 6.24. The van der Waals surface area contributed by atoms with Gasteiger partial charge < -0.3 is 4.74 Å². The van der Waals surface area contributed by atoms with E-state index in [1.165, 1.54) is 0 Å². The summed E-state index contributed by atoms with van der Waals surface area (Å²) in [4.78, 5) is 0. The molecule has 0 rings (SSSR count). The second-order valence-corrected chi connectivity index (χ2v) is 3.24. The van der Waals surface area contributed by atoms with Gasteiger partial charge in [0.15, 0.2) is 0 Å². The fraction of sp³-hybridized carbons (Fsp3) is 0.800. The van der Waals surface area contributed by atoms with Crippen molar-refractivity contribution in [2.45, 2.75) is 44.8 Å². The SMILES string of the molecule is C#CCCCC(CC(C)OC)NN.